The lowest BCUT2D eigenvalue weighted by Crippen LogP contribution is -2.49. The Morgan fingerprint density at radius 1 is 1.07 bits per heavy atom. The Bertz CT molecular complexity index is 1210. The number of nitrogens with zero attached hydrogens (tertiary/aromatic N) is 3. The van der Waals surface area contributed by atoms with E-state index < -0.39 is 29.7 Å². The maximum Gasteiger partial charge on any atom is 0.414 e. The minimum absolute atomic E-state index is 0.0854. The predicted molar refractivity (Wildman–Crippen MR) is 162 cm³/mol. The molecule has 11 heteroatoms. The SMILES string of the molecule is CC.CC(C)(C)OC(=O)NC[C@H]1CN(c2ccc(N3CCN(C(=O)CCCc4ccc(N)cc4)CC3)c(F)c2)C(=O)O1. The van der Waals surface area contributed by atoms with Crippen molar-refractivity contribution < 1.29 is 28.2 Å². The molecule has 10 nitrogen and oxygen atoms in total. The Morgan fingerprint density at radius 2 is 1.74 bits per heavy atom. The van der Waals surface area contributed by atoms with Gasteiger partial charge in [-0.3, -0.25) is 9.69 Å². The summed E-state index contributed by atoms with van der Waals surface area (Å²) in [4.78, 5) is 42.1. The van der Waals surface area contributed by atoms with Gasteiger partial charge in [-0.2, -0.15) is 0 Å². The van der Waals surface area contributed by atoms with Crippen LogP contribution in [0.3, 0.4) is 0 Å². The monoisotopic (exact) mass is 585 g/mol. The zero-order chi connectivity index (χ0) is 30.9. The molecule has 0 spiro atoms. The number of carbonyl (C=O) groups excluding carboxylic acids is 3. The molecule has 2 aliphatic rings. The first kappa shape index (κ1) is 32.5. The summed E-state index contributed by atoms with van der Waals surface area (Å²) < 4.78 is 25.7. The number of amides is 3. The predicted octanol–water partition coefficient (Wildman–Crippen LogP) is 4.96. The van der Waals surface area contributed by atoms with Gasteiger partial charge in [0.15, 0.2) is 0 Å². The maximum absolute atomic E-state index is 15.1. The molecule has 42 heavy (non-hydrogen) atoms. The molecule has 2 saturated heterocycles. The van der Waals surface area contributed by atoms with Crippen LogP contribution in [0.25, 0.3) is 0 Å². The number of anilines is 3. The molecule has 0 bridgehead atoms. The molecule has 230 valence electrons. The summed E-state index contributed by atoms with van der Waals surface area (Å²) >= 11 is 0. The van der Waals surface area contributed by atoms with E-state index in [1.54, 1.807) is 32.9 Å². The first-order chi connectivity index (χ1) is 20.0. The highest BCUT2D eigenvalue weighted by Crippen LogP contribution is 2.28. The zero-order valence-corrected chi connectivity index (χ0v) is 25.3. The minimum Gasteiger partial charge on any atom is -0.444 e. The third kappa shape index (κ3) is 9.25. The summed E-state index contributed by atoms with van der Waals surface area (Å²) in [7, 11) is 0. The highest BCUT2D eigenvalue weighted by atomic mass is 19.1. The van der Waals surface area contributed by atoms with Crippen LogP contribution in [-0.4, -0.2) is 74.0 Å². The van der Waals surface area contributed by atoms with Gasteiger partial charge in [0, 0.05) is 38.3 Å². The number of hydrogen-bond acceptors (Lipinski definition) is 7. The van der Waals surface area contributed by atoms with Gasteiger partial charge in [0.1, 0.15) is 17.5 Å². The van der Waals surface area contributed by atoms with E-state index >= 15 is 4.39 Å². The average Bonchev–Trinajstić information content (AvgIpc) is 3.33. The largest absolute Gasteiger partial charge is 0.444 e. The number of nitrogens with one attached hydrogen (secondary N) is 1. The number of halogens is 1. The second-order valence-electron chi connectivity index (χ2n) is 11.1. The second-order valence-corrected chi connectivity index (χ2v) is 11.1. The fraction of sp³-hybridized carbons (Fsp3) is 0.516. The topological polar surface area (TPSA) is 117 Å². The van der Waals surface area contributed by atoms with Crippen LogP contribution in [0.2, 0.25) is 0 Å². The quantitative estimate of drug-likeness (QED) is 0.421. The molecular formula is C31H44FN5O5. The number of nitrogens with two attached hydrogens (primary N) is 1. The number of ether oxygens (including phenoxy) is 2. The highest BCUT2D eigenvalue weighted by Gasteiger charge is 2.33. The van der Waals surface area contributed by atoms with Crippen molar-refractivity contribution in [3.63, 3.8) is 0 Å². The molecule has 2 aromatic rings. The summed E-state index contributed by atoms with van der Waals surface area (Å²) in [5, 5.41) is 2.59. The number of rotatable bonds is 8. The Hall–Kier alpha value is -4.02. The van der Waals surface area contributed by atoms with Crippen molar-refractivity contribution >= 4 is 35.2 Å². The molecular weight excluding hydrogens is 541 g/mol. The maximum atomic E-state index is 15.1. The van der Waals surface area contributed by atoms with Crippen LogP contribution in [0.4, 0.5) is 31.0 Å². The smallest absolute Gasteiger partial charge is 0.414 e. The van der Waals surface area contributed by atoms with E-state index in [-0.39, 0.29) is 19.0 Å². The number of alkyl carbamates (subject to hydrolysis) is 1. The normalized spacial score (nSPS) is 16.9. The molecule has 2 aromatic carbocycles. The minimum atomic E-state index is -0.636. The summed E-state index contributed by atoms with van der Waals surface area (Å²) in [6, 6.07) is 12.3. The van der Waals surface area contributed by atoms with E-state index in [0.717, 1.165) is 24.1 Å². The van der Waals surface area contributed by atoms with Gasteiger partial charge in [-0.25, -0.2) is 14.0 Å². The molecule has 0 aliphatic carbocycles. The van der Waals surface area contributed by atoms with Crippen LogP contribution >= 0.6 is 0 Å². The van der Waals surface area contributed by atoms with Crippen molar-refractivity contribution in [1.29, 1.82) is 0 Å². The molecule has 0 saturated carbocycles. The lowest BCUT2D eigenvalue weighted by atomic mass is 10.1. The molecule has 3 N–H and O–H groups in total. The van der Waals surface area contributed by atoms with Gasteiger partial charge in [0.05, 0.1) is 24.5 Å². The van der Waals surface area contributed by atoms with Crippen LogP contribution in [0.15, 0.2) is 42.5 Å². The summed E-state index contributed by atoms with van der Waals surface area (Å²) in [6.45, 7) is 11.6. The number of aryl methyl sites for hydroxylation is 1. The summed E-state index contributed by atoms with van der Waals surface area (Å²) in [5.41, 5.74) is 7.76. The third-order valence-electron chi connectivity index (χ3n) is 6.80. The van der Waals surface area contributed by atoms with Gasteiger partial charge in [-0.15, -0.1) is 0 Å². The molecule has 2 fully saturated rings. The van der Waals surface area contributed by atoms with Crippen molar-refractivity contribution in [2.75, 3.05) is 54.8 Å². The number of piperazine rings is 1. The zero-order valence-electron chi connectivity index (χ0n) is 25.3. The fourth-order valence-corrected chi connectivity index (χ4v) is 4.75. The van der Waals surface area contributed by atoms with Crippen LogP contribution < -0.4 is 20.9 Å². The Labute approximate surface area is 247 Å². The molecule has 4 rings (SSSR count). The van der Waals surface area contributed by atoms with Gasteiger partial charge >= 0.3 is 12.2 Å². The average molecular weight is 586 g/mol. The lowest BCUT2D eigenvalue weighted by molar-refractivity contribution is -0.131. The van der Waals surface area contributed by atoms with Gasteiger partial charge in [-0.1, -0.05) is 26.0 Å². The van der Waals surface area contributed by atoms with E-state index in [4.69, 9.17) is 15.2 Å². The fourth-order valence-electron chi connectivity index (χ4n) is 4.75. The summed E-state index contributed by atoms with van der Waals surface area (Å²) in [6.07, 6.45) is 0.252. The Balaban J connectivity index is 0.00000237. The molecule has 0 unspecified atom stereocenters. The third-order valence-corrected chi connectivity index (χ3v) is 6.80. The van der Waals surface area contributed by atoms with E-state index in [2.05, 4.69) is 5.32 Å². The highest BCUT2D eigenvalue weighted by molar-refractivity contribution is 5.90. The van der Waals surface area contributed by atoms with E-state index in [1.807, 2.05) is 47.9 Å². The van der Waals surface area contributed by atoms with Crippen molar-refractivity contribution in [3.05, 3.63) is 53.8 Å². The van der Waals surface area contributed by atoms with Crippen molar-refractivity contribution in [2.45, 2.75) is 65.6 Å². The standard InChI is InChI=1S/C29H38FN5O5.C2H6/c1-29(2,3)40-27(37)32-18-23-19-35(28(38)39-23)22-11-12-25(24(30)17-22)33-13-15-34(16-14-33)26(36)6-4-5-20-7-9-21(31)10-8-20;1-2/h7-12,17,23H,4-6,13-16,18-19,31H2,1-3H3,(H,32,37);1-2H3/t23-;/m0./s1. The van der Waals surface area contributed by atoms with Gasteiger partial charge in [0.25, 0.3) is 0 Å². The number of cyclic esters (lactones) is 1. The van der Waals surface area contributed by atoms with Crippen molar-refractivity contribution in [3.8, 4) is 0 Å². The number of carbonyl (C=O) groups is 3. The van der Waals surface area contributed by atoms with Crippen LogP contribution in [-0.2, 0) is 20.7 Å². The van der Waals surface area contributed by atoms with Crippen LogP contribution in [0, 0.1) is 5.82 Å². The molecule has 0 radical (unpaired) electrons. The molecule has 2 aliphatic heterocycles. The van der Waals surface area contributed by atoms with Crippen LogP contribution in [0.1, 0.15) is 53.0 Å². The van der Waals surface area contributed by atoms with E-state index in [9.17, 15) is 14.4 Å². The first-order valence-corrected chi connectivity index (χ1v) is 14.6. The van der Waals surface area contributed by atoms with Gasteiger partial charge in [-0.05, 0) is 69.5 Å². The number of nitrogen functional groups attached to an aromatic ring is 1. The second kappa shape index (κ2) is 14.7. The van der Waals surface area contributed by atoms with E-state index in [0.29, 0.717) is 44.0 Å². The Morgan fingerprint density at radius 3 is 2.36 bits per heavy atom. The molecule has 3 amide bonds. The van der Waals surface area contributed by atoms with Crippen molar-refractivity contribution in [2.24, 2.45) is 0 Å². The molecule has 2 heterocycles. The first-order valence-electron chi connectivity index (χ1n) is 14.6. The summed E-state index contributed by atoms with van der Waals surface area (Å²) in [5.74, 6) is -0.349. The van der Waals surface area contributed by atoms with Gasteiger partial charge in [0.2, 0.25) is 5.91 Å². The molecule has 1 atom stereocenters. The number of hydrogen-bond donors (Lipinski definition) is 2. The van der Waals surface area contributed by atoms with Gasteiger partial charge < -0.3 is 30.3 Å². The lowest BCUT2D eigenvalue weighted by Gasteiger charge is -2.36. The van der Waals surface area contributed by atoms with Crippen molar-refractivity contribution in [1.82, 2.24) is 10.2 Å². The van der Waals surface area contributed by atoms with E-state index in [1.165, 1.54) is 11.0 Å². The Kier molecular flexibility index (Phi) is 11.4. The number of benzene rings is 2. The van der Waals surface area contributed by atoms with Crippen LogP contribution in [0.5, 0.6) is 0 Å². The molecule has 0 aromatic heterocycles.